The van der Waals surface area contributed by atoms with Gasteiger partial charge in [0.15, 0.2) is 0 Å². The van der Waals surface area contributed by atoms with Crippen LogP contribution in [0.2, 0.25) is 10.0 Å². The fourth-order valence-corrected chi connectivity index (χ4v) is 4.97. The highest BCUT2D eigenvalue weighted by molar-refractivity contribution is 6.35. The number of carbonyl (C=O) groups is 1. The smallest absolute Gasteiger partial charge is 0.413 e. The van der Waals surface area contributed by atoms with Gasteiger partial charge in [-0.15, -0.1) is 6.42 Å². The normalized spacial score (nSPS) is 17.8. The average molecular weight is 615 g/mol. The van der Waals surface area contributed by atoms with Crippen LogP contribution in [0.5, 0.6) is 0 Å². The van der Waals surface area contributed by atoms with Gasteiger partial charge in [0.1, 0.15) is 12.7 Å². The second kappa shape index (κ2) is 15.0. The number of benzene rings is 2. The number of amides is 1. The molecule has 4 aromatic rings. The summed E-state index contributed by atoms with van der Waals surface area (Å²) in [7, 11) is 1.32. The maximum atomic E-state index is 11.1. The van der Waals surface area contributed by atoms with Crippen LogP contribution in [0.1, 0.15) is 30.9 Å². The lowest BCUT2D eigenvalue weighted by Gasteiger charge is -2.29. The van der Waals surface area contributed by atoms with Gasteiger partial charge in [-0.2, -0.15) is 0 Å². The Labute approximate surface area is 254 Å². The molecule has 0 bridgehead atoms. The molecule has 1 fully saturated rings. The number of aryl methyl sites for hydroxylation is 1. The number of nitrogens with one attached hydrogen (secondary N) is 2. The van der Waals surface area contributed by atoms with Crippen LogP contribution in [0, 0.1) is 12.3 Å². The highest BCUT2D eigenvalue weighted by Crippen LogP contribution is 2.40. The van der Waals surface area contributed by atoms with Crippen molar-refractivity contribution in [1.29, 1.82) is 0 Å². The molecule has 0 saturated carbocycles. The van der Waals surface area contributed by atoms with Crippen molar-refractivity contribution >= 4 is 46.3 Å². The minimum atomic E-state index is -1.04. The minimum absolute atomic E-state index is 0.232. The SMILES string of the molecule is C#CCOC[C@@H]1CO[C@@](Cn2ccnc2)(c2ccc(Cl)cc2Cl)O1.CCCCc1ccc2[nH]c(NC(=O)OC)nc2c1. The van der Waals surface area contributed by atoms with Crippen molar-refractivity contribution in [1.82, 2.24) is 19.5 Å². The van der Waals surface area contributed by atoms with Gasteiger partial charge in [-0.05, 0) is 42.7 Å². The van der Waals surface area contributed by atoms with Crippen LogP contribution in [0.15, 0.2) is 55.1 Å². The van der Waals surface area contributed by atoms with E-state index in [4.69, 9.17) is 43.8 Å². The van der Waals surface area contributed by atoms with Crippen molar-refractivity contribution in [3.05, 3.63) is 76.3 Å². The van der Waals surface area contributed by atoms with Crippen LogP contribution in [0.25, 0.3) is 11.0 Å². The van der Waals surface area contributed by atoms with Crippen molar-refractivity contribution in [3.63, 3.8) is 0 Å². The van der Waals surface area contributed by atoms with Crippen LogP contribution < -0.4 is 5.32 Å². The van der Waals surface area contributed by atoms with E-state index in [1.54, 1.807) is 24.7 Å². The number of rotatable bonds is 10. The molecule has 12 heteroatoms. The number of unbranched alkanes of at least 4 members (excludes halogenated alkanes) is 1. The topological polar surface area (TPSA) is 113 Å². The lowest BCUT2D eigenvalue weighted by molar-refractivity contribution is -0.191. The second-order valence-corrected chi connectivity index (χ2v) is 10.4. The van der Waals surface area contributed by atoms with Crippen LogP contribution in [-0.4, -0.2) is 58.6 Å². The number of carbonyl (C=O) groups excluding carboxylic acids is 1. The number of aromatic nitrogens is 4. The number of terminal acetylenes is 1. The zero-order chi connectivity index (χ0) is 30.0. The Morgan fingerprint density at radius 1 is 1.31 bits per heavy atom. The van der Waals surface area contributed by atoms with E-state index in [9.17, 15) is 4.79 Å². The molecule has 10 nitrogen and oxygen atoms in total. The molecular weight excluding hydrogens is 581 g/mol. The molecule has 1 aliphatic rings. The van der Waals surface area contributed by atoms with E-state index in [0.717, 1.165) is 17.5 Å². The van der Waals surface area contributed by atoms with Crippen LogP contribution >= 0.6 is 23.2 Å². The number of halogens is 2. The summed E-state index contributed by atoms with van der Waals surface area (Å²) in [6.45, 7) is 3.53. The monoisotopic (exact) mass is 613 g/mol. The van der Waals surface area contributed by atoms with Crippen LogP contribution in [0.3, 0.4) is 0 Å². The largest absolute Gasteiger partial charge is 0.453 e. The summed E-state index contributed by atoms with van der Waals surface area (Å²) in [6.07, 6.45) is 13.0. The van der Waals surface area contributed by atoms with Crippen molar-refractivity contribution < 1.29 is 23.7 Å². The third-order valence-corrected chi connectivity index (χ3v) is 6.96. The second-order valence-electron chi connectivity index (χ2n) is 9.54. The number of anilines is 1. The molecule has 2 aromatic carbocycles. The van der Waals surface area contributed by atoms with E-state index in [-0.39, 0.29) is 12.7 Å². The predicted octanol–water partition coefficient (Wildman–Crippen LogP) is 6.19. The first kappa shape index (κ1) is 31.3. The van der Waals surface area contributed by atoms with Crippen molar-refractivity contribution in [2.24, 2.45) is 0 Å². The van der Waals surface area contributed by atoms with Crippen LogP contribution in [0.4, 0.5) is 10.7 Å². The van der Waals surface area contributed by atoms with E-state index < -0.39 is 11.9 Å². The molecule has 0 unspecified atom stereocenters. The molecule has 1 saturated heterocycles. The Morgan fingerprint density at radius 3 is 2.88 bits per heavy atom. The Hall–Kier alpha value is -3.59. The van der Waals surface area contributed by atoms with E-state index >= 15 is 0 Å². The third kappa shape index (κ3) is 8.25. The van der Waals surface area contributed by atoms with Gasteiger partial charge in [0.05, 0.1) is 49.3 Å². The lowest BCUT2D eigenvalue weighted by Crippen LogP contribution is -2.34. The number of imidazole rings is 2. The zero-order valence-corrected chi connectivity index (χ0v) is 25.0. The molecule has 222 valence electrons. The predicted molar refractivity (Wildman–Crippen MR) is 162 cm³/mol. The molecule has 42 heavy (non-hydrogen) atoms. The molecule has 3 heterocycles. The number of fused-ring (bicyclic) bond motifs is 1. The van der Waals surface area contributed by atoms with E-state index in [1.165, 1.54) is 25.5 Å². The van der Waals surface area contributed by atoms with E-state index in [1.807, 2.05) is 29.0 Å². The Kier molecular flexibility index (Phi) is 11.2. The van der Waals surface area contributed by atoms with Gasteiger partial charge in [-0.25, -0.2) is 14.8 Å². The van der Waals surface area contributed by atoms with Gasteiger partial charge >= 0.3 is 6.09 Å². The zero-order valence-electron chi connectivity index (χ0n) is 23.4. The Morgan fingerprint density at radius 2 is 2.17 bits per heavy atom. The molecule has 0 radical (unpaired) electrons. The first-order valence-corrected chi connectivity index (χ1v) is 14.2. The average Bonchev–Trinajstić information content (AvgIpc) is 3.73. The summed E-state index contributed by atoms with van der Waals surface area (Å²) in [4.78, 5) is 22.5. The quantitative estimate of drug-likeness (QED) is 0.162. The van der Waals surface area contributed by atoms with Crippen LogP contribution in [-0.2, 0) is 37.7 Å². The summed E-state index contributed by atoms with van der Waals surface area (Å²) >= 11 is 12.4. The van der Waals surface area contributed by atoms with Crippen molar-refractivity contribution in [2.75, 3.05) is 32.2 Å². The molecule has 1 aliphatic heterocycles. The lowest BCUT2D eigenvalue weighted by atomic mass is 10.1. The van der Waals surface area contributed by atoms with Crippen molar-refractivity contribution in [2.45, 2.75) is 44.6 Å². The van der Waals surface area contributed by atoms with Gasteiger partial charge in [-0.3, -0.25) is 5.32 Å². The molecule has 1 amide bonds. The number of methoxy groups -OCH3 is 1. The molecule has 0 spiro atoms. The maximum absolute atomic E-state index is 11.1. The highest BCUT2D eigenvalue weighted by atomic mass is 35.5. The molecule has 2 aromatic heterocycles. The van der Waals surface area contributed by atoms with E-state index in [2.05, 4.69) is 43.9 Å². The summed E-state index contributed by atoms with van der Waals surface area (Å²) in [5.41, 5.74) is 3.74. The molecular formula is C30H33Cl2N5O5. The van der Waals surface area contributed by atoms with Gasteiger partial charge < -0.3 is 28.5 Å². The summed E-state index contributed by atoms with van der Waals surface area (Å²) < 4.78 is 24.0. The molecule has 0 aliphatic carbocycles. The Bertz CT molecular complexity index is 1500. The third-order valence-electron chi connectivity index (χ3n) is 6.41. The number of aromatic amines is 1. The number of ether oxygens (including phenoxy) is 4. The van der Waals surface area contributed by atoms with Gasteiger partial charge in [0.25, 0.3) is 0 Å². The number of hydrogen-bond acceptors (Lipinski definition) is 7. The summed E-state index contributed by atoms with van der Waals surface area (Å²) in [5, 5.41) is 3.54. The number of H-pyrrole nitrogens is 1. The highest BCUT2D eigenvalue weighted by Gasteiger charge is 2.45. The van der Waals surface area contributed by atoms with E-state index in [0.29, 0.717) is 41.3 Å². The fraction of sp³-hybridized carbons (Fsp3) is 0.367. The van der Waals surface area contributed by atoms with Gasteiger partial charge in [0.2, 0.25) is 11.7 Å². The number of nitrogens with zero attached hydrogens (tertiary/aromatic N) is 3. The van der Waals surface area contributed by atoms with Gasteiger partial charge in [-0.1, -0.05) is 54.6 Å². The standard InChI is InChI=1S/C17H16Cl2N2O3.C13H17N3O2/c1-2-7-22-9-14-10-23-17(24-14,11-21-6-5-20-12-21)15-4-3-13(18)8-16(15)19;1-3-4-5-9-6-7-10-11(8-9)15-12(14-10)16-13(17)18-2/h1,3-6,8,12,14H,7,9-11H2;6-8H,3-5H2,1-2H3,(H2,14,15,16,17)/t14-,17-;/m1./s1. The summed E-state index contributed by atoms with van der Waals surface area (Å²) in [6, 6.07) is 11.3. The summed E-state index contributed by atoms with van der Waals surface area (Å²) in [5.74, 6) is 1.80. The molecule has 2 N–H and O–H groups in total. The Balaban J connectivity index is 0.000000201. The van der Waals surface area contributed by atoms with Crippen molar-refractivity contribution in [3.8, 4) is 12.3 Å². The number of hydrogen-bond donors (Lipinski definition) is 2. The minimum Gasteiger partial charge on any atom is -0.453 e. The molecule has 5 rings (SSSR count). The maximum Gasteiger partial charge on any atom is 0.413 e. The fourth-order valence-electron chi connectivity index (χ4n) is 4.42. The first-order chi connectivity index (χ1) is 20.4. The van der Waals surface area contributed by atoms with Gasteiger partial charge in [0, 0.05) is 23.0 Å². The first-order valence-electron chi connectivity index (χ1n) is 13.4. The molecule has 2 atom stereocenters.